The van der Waals surface area contributed by atoms with Gasteiger partial charge in [-0.1, -0.05) is 24.3 Å². The Morgan fingerprint density at radius 3 is 2.68 bits per heavy atom. The second-order valence-electron chi connectivity index (χ2n) is 4.74. The summed E-state index contributed by atoms with van der Waals surface area (Å²) in [4.78, 5) is 18.0. The van der Waals surface area contributed by atoms with Crippen LogP contribution < -0.4 is 4.90 Å². The highest BCUT2D eigenvalue weighted by molar-refractivity contribution is 6.06. The summed E-state index contributed by atoms with van der Waals surface area (Å²) >= 11 is 0. The zero-order chi connectivity index (χ0) is 13.5. The molecule has 0 spiro atoms. The van der Waals surface area contributed by atoms with Gasteiger partial charge in [0.2, 0.25) is 0 Å². The van der Waals surface area contributed by atoms with Gasteiger partial charge >= 0.3 is 0 Å². The van der Waals surface area contributed by atoms with Gasteiger partial charge in [-0.2, -0.15) is 0 Å². The van der Waals surface area contributed by atoms with Crippen molar-refractivity contribution in [1.82, 2.24) is 4.98 Å². The number of anilines is 1. The number of aliphatic hydroxyl groups is 1. The Hall–Kier alpha value is -2.20. The molecule has 0 radical (unpaired) electrons. The van der Waals surface area contributed by atoms with E-state index in [2.05, 4.69) is 4.98 Å². The van der Waals surface area contributed by atoms with E-state index in [0.29, 0.717) is 11.3 Å². The van der Waals surface area contributed by atoms with Gasteiger partial charge in [0.1, 0.15) is 0 Å². The van der Waals surface area contributed by atoms with Crippen LogP contribution in [0.2, 0.25) is 0 Å². The van der Waals surface area contributed by atoms with E-state index >= 15 is 0 Å². The van der Waals surface area contributed by atoms with Gasteiger partial charge in [0.15, 0.2) is 5.60 Å². The van der Waals surface area contributed by atoms with Crippen molar-refractivity contribution in [3.8, 4) is 0 Å². The number of nitrogens with zero attached hydrogens (tertiary/aromatic N) is 2. The molecule has 1 aliphatic rings. The molecule has 1 aliphatic heterocycles. The summed E-state index contributed by atoms with van der Waals surface area (Å²) in [7, 11) is 1.68. The maximum atomic E-state index is 12.3. The van der Waals surface area contributed by atoms with Crippen molar-refractivity contribution in [3.05, 3.63) is 59.9 Å². The van der Waals surface area contributed by atoms with E-state index in [1.165, 1.54) is 4.90 Å². The zero-order valence-electron chi connectivity index (χ0n) is 10.6. The average molecular weight is 254 g/mol. The Kier molecular flexibility index (Phi) is 2.61. The number of para-hydroxylation sites is 1. The molecule has 1 atom stereocenters. The number of fused-ring (bicyclic) bond motifs is 1. The Balaban J connectivity index is 2.06. The lowest BCUT2D eigenvalue weighted by Gasteiger charge is -2.21. The Bertz CT molecular complexity index is 627. The number of carbonyl (C=O) groups excluding carboxylic acids is 1. The zero-order valence-corrected chi connectivity index (χ0v) is 10.6. The van der Waals surface area contributed by atoms with E-state index in [1.54, 1.807) is 19.3 Å². The number of rotatable bonds is 2. The molecule has 4 nitrogen and oxygen atoms in total. The maximum absolute atomic E-state index is 12.3. The highest BCUT2D eigenvalue weighted by Crippen LogP contribution is 2.40. The van der Waals surface area contributed by atoms with Gasteiger partial charge in [-0.3, -0.25) is 9.78 Å². The normalized spacial score (nSPS) is 21.6. The molecule has 1 unspecified atom stereocenters. The first-order valence-electron chi connectivity index (χ1n) is 6.13. The summed E-state index contributed by atoms with van der Waals surface area (Å²) in [6.07, 6.45) is 1.85. The Labute approximate surface area is 111 Å². The second-order valence-corrected chi connectivity index (χ2v) is 4.74. The number of likely N-dealkylation sites (N-methyl/N-ethyl adjacent to an activating group) is 1. The van der Waals surface area contributed by atoms with Gasteiger partial charge in [0.25, 0.3) is 5.91 Å². The molecule has 96 valence electrons. The monoisotopic (exact) mass is 254 g/mol. The van der Waals surface area contributed by atoms with Crippen molar-refractivity contribution in [2.75, 3.05) is 11.9 Å². The molecule has 0 fully saturated rings. The largest absolute Gasteiger partial charge is 0.375 e. The predicted molar refractivity (Wildman–Crippen MR) is 71.7 cm³/mol. The number of benzene rings is 1. The van der Waals surface area contributed by atoms with Crippen molar-refractivity contribution in [1.29, 1.82) is 0 Å². The molecule has 0 saturated heterocycles. The first-order valence-corrected chi connectivity index (χ1v) is 6.13. The van der Waals surface area contributed by atoms with Gasteiger partial charge in [-0.25, -0.2) is 0 Å². The van der Waals surface area contributed by atoms with Gasteiger partial charge < -0.3 is 10.0 Å². The van der Waals surface area contributed by atoms with Crippen molar-refractivity contribution < 1.29 is 9.90 Å². The first kappa shape index (κ1) is 11.9. The van der Waals surface area contributed by atoms with Crippen molar-refractivity contribution in [2.24, 2.45) is 0 Å². The summed E-state index contributed by atoms with van der Waals surface area (Å²) in [5.41, 5.74) is 0.585. The third-order valence-corrected chi connectivity index (χ3v) is 3.53. The fourth-order valence-electron chi connectivity index (χ4n) is 2.55. The van der Waals surface area contributed by atoms with Crippen LogP contribution >= 0.6 is 0 Å². The third-order valence-electron chi connectivity index (χ3n) is 3.53. The molecule has 1 N–H and O–H groups in total. The summed E-state index contributed by atoms with van der Waals surface area (Å²) in [6.45, 7) is 0. The number of amides is 1. The summed E-state index contributed by atoms with van der Waals surface area (Å²) < 4.78 is 0. The van der Waals surface area contributed by atoms with Crippen molar-refractivity contribution in [2.45, 2.75) is 12.0 Å². The fraction of sp³-hybridized carbons (Fsp3) is 0.200. The third kappa shape index (κ3) is 1.72. The van der Waals surface area contributed by atoms with Crippen LogP contribution in [0.25, 0.3) is 0 Å². The highest BCUT2D eigenvalue weighted by Gasteiger charge is 2.48. The van der Waals surface area contributed by atoms with Crippen LogP contribution in [0.15, 0.2) is 48.7 Å². The van der Waals surface area contributed by atoms with E-state index in [-0.39, 0.29) is 12.3 Å². The van der Waals surface area contributed by atoms with Crippen LogP contribution in [0.3, 0.4) is 0 Å². The van der Waals surface area contributed by atoms with E-state index in [4.69, 9.17) is 0 Å². The number of carbonyl (C=O) groups is 1. The molecule has 4 heteroatoms. The minimum absolute atomic E-state index is 0.189. The molecular weight excluding hydrogens is 240 g/mol. The van der Waals surface area contributed by atoms with E-state index in [0.717, 1.165) is 5.69 Å². The van der Waals surface area contributed by atoms with Crippen LogP contribution in [0.4, 0.5) is 5.69 Å². The van der Waals surface area contributed by atoms with Crippen molar-refractivity contribution >= 4 is 11.6 Å². The minimum atomic E-state index is -1.51. The molecule has 2 aromatic rings. The average Bonchev–Trinajstić information content (AvgIpc) is 2.63. The van der Waals surface area contributed by atoms with Gasteiger partial charge in [0, 0.05) is 30.9 Å². The van der Waals surface area contributed by atoms with Gasteiger partial charge in [0.05, 0.1) is 5.69 Å². The summed E-state index contributed by atoms with van der Waals surface area (Å²) in [5.74, 6) is -0.306. The van der Waals surface area contributed by atoms with Crippen LogP contribution in [-0.4, -0.2) is 23.0 Å². The summed E-state index contributed by atoms with van der Waals surface area (Å²) in [6, 6.07) is 12.8. The second kappa shape index (κ2) is 4.17. The Morgan fingerprint density at radius 2 is 1.95 bits per heavy atom. The number of hydrogen-bond acceptors (Lipinski definition) is 3. The molecule has 3 rings (SSSR count). The molecular formula is C15H14N2O2. The lowest BCUT2D eigenvalue weighted by Crippen LogP contribution is -2.40. The Morgan fingerprint density at radius 1 is 1.21 bits per heavy atom. The van der Waals surface area contributed by atoms with Crippen LogP contribution in [0.5, 0.6) is 0 Å². The van der Waals surface area contributed by atoms with Crippen molar-refractivity contribution in [3.63, 3.8) is 0 Å². The van der Waals surface area contributed by atoms with Crippen LogP contribution in [0.1, 0.15) is 11.3 Å². The molecule has 0 bridgehead atoms. The number of pyridine rings is 1. The standard InChI is InChI=1S/C15H14N2O2/c1-17-13-8-3-2-7-12(13)15(19,14(17)18)10-11-6-4-5-9-16-11/h2-9,19H,10H2,1H3. The predicted octanol–water partition coefficient (Wildman–Crippen LogP) is 1.49. The molecule has 0 aliphatic carbocycles. The van der Waals surface area contributed by atoms with Gasteiger partial charge in [-0.05, 0) is 18.2 Å². The maximum Gasteiger partial charge on any atom is 0.263 e. The number of hydrogen-bond donors (Lipinski definition) is 1. The molecule has 1 aromatic heterocycles. The highest BCUT2D eigenvalue weighted by atomic mass is 16.3. The molecule has 0 saturated carbocycles. The minimum Gasteiger partial charge on any atom is -0.375 e. The fourth-order valence-corrected chi connectivity index (χ4v) is 2.55. The van der Waals surface area contributed by atoms with Crippen LogP contribution in [0, 0.1) is 0 Å². The van der Waals surface area contributed by atoms with E-state index < -0.39 is 5.60 Å². The molecule has 1 aromatic carbocycles. The molecule has 2 heterocycles. The van der Waals surface area contributed by atoms with Crippen LogP contribution in [-0.2, 0) is 16.8 Å². The lowest BCUT2D eigenvalue weighted by atomic mass is 9.90. The quantitative estimate of drug-likeness (QED) is 0.883. The SMILES string of the molecule is CN1C(=O)C(O)(Cc2ccccn2)c2ccccc21. The van der Waals surface area contributed by atoms with E-state index in [9.17, 15) is 9.90 Å². The van der Waals surface area contributed by atoms with E-state index in [1.807, 2.05) is 36.4 Å². The molecule has 19 heavy (non-hydrogen) atoms. The summed E-state index contributed by atoms with van der Waals surface area (Å²) in [5, 5.41) is 10.8. The lowest BCUT2D eigenvalue weighted by molar-refractivity contribution is -0.135. The number of aromatic nitrogens is 1. The molecule has 1 amide bonds. The topological polar surface area (TPSA) is 53.4 Å². The first-order chi connectivity index (χ1) is 9.13. The smallest absolute Gasteiger partial charge is 0.263 e. The van der Waals surface area contributed by atoms with Gasteiger partial charge in [-0.15, -0.1) is 0 Å².